The summed E-state index contributed by atoms with van der Waals surface area (Å²) in [5.41, 5.74) is 0.970. The van der Waals surface area contributed by atoms with Crippen molar-refractivity contribution in [2.24, 2.45) is 4.99 Å². The first-order valence-electron chi connectivity index (χ1n) is 9.20. The fourth-order valence-corrected chi connectivity index (χ4v) is 4.66. The second-order valence-corrected chi connectivity index (χ2v) is 8.70. The van der Waals surface area contributed by atoms with Gasteiger partial charge < -0.3 is 4.74 Å². The molecule has 148 valence electrons. The third kappa shape index (κ3) is 3.54. The van der Waals surface area contributed by atoms with E-state index in [2.05, 4.69) is 4.99 Å². The van der Waals surface area contributed by atoms with E-state index in [1.54, 1.807) is 37.4 Å². The highest BCUT2D eigenvalue weighted by molar-refractivity contribution is 7.91. The molecule has 0 amide bonds. The number of allylic oxidation sites excluding steroid dienone is 2. The average Bonchev–Trinajstić information content (AvgIpc) is 3.13. The number of quaternary nitrogens is 1. The topological polar surface area (TPSA) is 55.7 Å². The Kier molecular flexibility index (Phi) is 4.94. The van der Waals surface area contributed by atoms with E-state index >= 15 is 0 Å². The molecule has 0 fully saturated rings. The Bertz CT molecular complexity index is 1170. The molecule has 0 bridgehead atoms. The van der Waals surface area contributed by atoms with E-state index in [1.807, 2.05) is 30.6 Å². The number of hydrogen-bond acceptors (Lipinski definition) is 4. The van der Waals surface area contributed by atoms with Crippen LogP contribution in [0.4, 0.5) is 4.39 Å². The number of sulfone groups is 1. The number of halogens is 1. The summed E-state index contributed by atoms with van der Waals surface area (Å²) in [6, 6.07) is 10.3. The Labute approximate surface area is 169 Å². The van der Waals surface area contributed by atoms with Gasteiger partial charge in [0.2, 0.25) is 15.7 Å². The van der Waals surface area contributed by atoms with Crippen molar-refractivity contribution in [1.82, 2.24) is 0 Å². The number of benzene rings is 2. The summed E-state index contributed by atoms with van der Waals surface area (Å²) in [7, 11) is -3.78. The summed E-state index contributed by atoms with van der Waals surface area (Å²) in [6.45, 7) is 2.59. The van der Waals surface area contributed by atoms with Crippen LogP contribution in [0.1, 0.15) is 12.5 Å². The van der Waals surface area contributed by atoms with Crippen LogP contribution in [0.5, 0.6) is 5.75 Å². The van der Waals surface area contributed by atoms with E-state index in [0.717, 1.165) is 17.5 Å². The van der Waals surface area contributed by atoms with E-state index in [1.165, 1.54) is 12.1 Å². The number of nitrogens with zero attached hydrogens (tertiary/aromatic N) is 2. The van der Waals surface area contributed by atoms with Crippen molar-refractivity contribution in [3.63, 3.8) is 0 Å². The molecule has 29 heavy (non-hydrogen) atoms. The first-order valence-corrected chi connectivity index (χ1v) is 10.7. The fourth-order valence-electron chi connectivity index (χ4n) is 3.38. The Morgan fingerprint density at radius 1 is 1.03 bits per heavy atom. The summed E-state index contributed by atoms with van der Waals surface area (Å²) < 4.78 is 45.3. The Morgan fingerprint density at radius 3 is 2.55 bits per heavy atom. The van der Waals surface area contributed by atoms with Gasteiger partial charge in [0.05, 0.1) is 22.6 Å². The minimum Gasteiger partial charge on any atom is -0.491 e. The van der Waals surface area contributed by atoms with E-state index in [-0.39, 0.29) is 22.1 Å². The largest absolute Gasteiger partial charge is 0.491 e. The lowest BCUT2D eigenvalue weighted by Crippen LogP contribution is -2.40. The molecule has 0 radical (unpaired) electrons. The zero-order valence-electron chi connectivity index (χ0n) is 15.8. The molecular weight excluding hydrogens is 391 g/mol. The Hall–Kier alpha value is -3.03. The summed E-state index contributed by atoms with van der Waals surface area (Å²) in [5.74, 6) is 0.257. The van der Waals surface area contributed by atoms with Gasteiger partial charge in [-0.3, -0.25) is 0 Å². The molecule has 2 aromatic carbocycles. The quantitative estimate of drug-likeness (QED) is 0.525. The van der Waals surface area contributed by atoms with Crippen molar-refractivity contribution in [3.8, 4) is 5.75 Å². The number of ether oxygens (including phenoxy) is 1. The molecule has 4 rings (SSSR count). The van der Waals surface area contributed by atoms with Crippen LogP contribution in [0.25, 0.3) is 0 Å². The van der Waals surface area contributed by atoms with Crippen molar-refractivity contribution in [2.75, 3.05) is 6.61 Å². The van der Waals surface area contributed by atoms with Crippen LogP contribution in [-0.4, -0.2) is 25.3 Å². The predicted octanol–water partition coefficient (Wildman–Crippen LogP) is 4.34. The standard InChI is InChI=1S/C22H20FN2O3S/c1-2-28-21-15-19(10-11-20(21)23)29(26,27)18-8-6-17(7-9-18)16-25-13-4-3-5-22(25)24-12-14-25/h3-15H,2,16H2,1H3/q+1. The minimum atomic E-state index is -3.78. The van der Waals surface area contributed by atoms with Crippen molar-refractivity contribution in [3.05, 3.63) is 90.7 Å². The molecule has 0 saturated heterocycles. The summed E-state index contributed by atoms with van der Waals surface area (Å²) in [5, 5.41) is 0. The van der Waals surface area contributed by atoms with Crippen molar-refractivity contribution in [1.29, 1.82) is 0 Å². The minimum absolute atomic E-state index is 0.00188. The van der Waals surface area contributed by atoms with Gasteiger partial charge in [-0.2, -0.15) is 4.99 Å². The van der Waals surface area contributed by atoms with E-state index in [0.29, 0.717) is 11.0 Å². The summed E-state index contributed by atoms with van der Waals surface area (Å²) in [4.78, 5) is 4.53. The van der Waals surface area contributed by atoms with Crippen molar-refractivity contribution < 1.29 is 22.0 Å². The first-order chi connectivity index (χ1) is 13.9. The van der Waals surface area contributed by atoms with Crippen molar-refractivity contribution >= 4 is 15.7 Å². The van der Waals surface area contributed by atoms with Crippen LogP contribution in [0.2, 0.25) is 0 Å². The molecule has 1 unspecified atom stereocenters. The molecule has 2 aliphatic heterocycles. The molecule has 0 N–H and O–H groups in total. The highest BCUT2D eigenvalue weighted by atomic mass is 32.2. The summed E-state index contributed by atoms with van der Waals surface area (Å²) in [6.07, 6.45) is 11.7. The van der Waals surface area contributed by atoms with Crippen LogP contribution in [0.3, 0.4) is 0 Å². The smallest absolute Gasteiger partial charge is 0.237 e. The molecule has 2 heterocycles. The molecule has 2 aromatic rings. The highest BCUT2D eigenvalue weighted by Crippen LogP contribution is 2.29. The van der Waals surface area contributed by atoms with E-state index in [9.17, 15) is 12.8 Å². The van der Waals surface area contributed by atoms with Gasteiger partial charge in [0.1, 0.15) is 18.9 Å². The molecule has 2 aliphatic rings. The number of aliphatic imine (C=N–C) groups is 1. The fraction of sp³-hybridized carbons (Fsp3) is 0.136. The highest BCUT2D eigenvalue weighted by Gasteiger charge is 2.33. The molecule has 7 heteroatoms. The molecular formula is C22H20FN2O3S+. The average molecular weight is 411 g/mol. The second kappa shape index (κ2) is 7.42. The lowest BCUT2D eigenvalue weighted by molar-refractivity contribution is -0.743. The number of rotatable bonds is 6. The maximum atomic E-state index is 13.8. The van der Waals surface area contributed by atoms with Crippen LogP contribution in [0.15, 0.2) is 94.1 Å². The summed E-state index contributed by atoms with van der Waals surface area (Å²) >= 11 is 0. The molecule has 5 nitrogen and oxygen atoms in total. The Balaban J connectivity index is 1.60. The van der Waals surface area contributed by atoms with Crippen LogP contribution in [-0.2, 0) is 16.4 Å². The van der Waals surface area contributed by atoms with Gasteiger partial charge in [-0.05, 0) is 43.3 Å². The molecule has 0 spiro atoms. The van der Waals surface area contributed by atoms with Crippen LogP contribution >= 0.6 is 0 Å². The van der Waals surface area contributed by atoms with Gasteiger partial charge >= 0.3 is 0 Å². The van der Waals surface area contributed by atoms with Gasteiger partial charge in [-0.25, -0.2) is 17.3 Å². The molecule has 1 atom stereocenters. The van der Waals surface area contributed by atoms with Crippen LogP contribution < -0.4 is 4.74 Å². The lowest BCUT2D eigenvalue weighted by Gasteiger charge is -2.28. The van der Waals surface area contributed by atoms with E-state index < -0.39 is 15.7 Å². The SMILES string of the molecule is CCOc1cc(S(=O)(=O)c2ccc(C[N+]34C=CC=CC3=NC=C4)cc2)ccc1F. The van der Waals surface area contributed by atoms with Gasteiger partial charge in [0.25, 0.3) is 0 Å². The lowest BCUT2D eigenvalue weighted by atomic mass is 10.1. The zero-order chi connectivity index (χ0) is 20.5. The second-order valence-electron chi connectivity index (χ2n) is 6.75. The Morgan fingerprint density at radius 2 is 1.79 bits per heavy atom. The van der Waals surface area contributed by atoms with E-state index in [4.69, 9.17) is 4.74 Å². The molecule has 0 saturated carbocycles. The van der Waals surface area contributed by atoms with Gasteiger partial charge in [-0.1, -0.05) is 12.1 Å². The zero-order valence-corrected chi connectivity index (χ0v) is 16.6. The number of fused-ring (bicyclic) bond motifs is 1. The number of hydrogen-bond donors (Lipinski definition) is 0. The first kappa shape index (κ1) is 19.3. The third-order valence-electron chi connectivity index (χ3n) is 4.87. The predicted molar refractivity (Wildman–Crippen MR) is 108 cm³/mol. The van der Waals surface area contributed by atoms with Gasteiger partial charge in [-0.15, -0.1) is 0 Å². The maximum absolute atomic E-state index is 13.8. The normalized spacial score (nSPS) is 19.9. The van der Waals surface area contributed by atoms with Crippen LogP contribution in [0, 0.1) is 5.82 Å². The van der Waals surface area contributed by atoms with Gasteiger partial charge in [0, 0.05) is 17.7 Å². The van der Waals surface area contributed by atoms with Crippen molar-refractivity contribution in [2.45, 2.75) is 23.3 Å². The molecule has 0 aromatic heterocycles. The monoisotopic (exact) mass is 411 g/mol. The molecule has 0 aliphatic carbocycles. The third-order valence-corrected chi connectivity index (χ3v) is 6.63. The maximum Gasteiger partial charge on any atom is 0.237 e. The van der Waals surface area contributed by atoms with Gasteiger partial charge in [0.15, 0.2) is 11.6 Å². The number of amidine groups is 1.